The highest BCUT2D eigenvalue weighted by Gasteiger charge is 2.26. The predicted molar refractivity (Wildman–Crippen MR) is 83.2 cm³/mol. The molecule has 0 aliphatic heterocycles. The zero-order valence-corrected chi connectivity index (χ0v) is 13.5. The Bertz CT molecular complexity index is 758. The zero-order valence-electron chi connectivity index (χ0n) is 10.4. The number of halogens is 4. The zero-order chi connectivity index (χ0) is 15.6. The molecule has 0 saturated carbocycles. The lowest BCUT2D eigenvalue weighted by molar-refractivity contribution is 0.0975. The molecule has 0 aromatic heterocycles. The number of hydrogen-bond acceptors (Lipinski definition) is 2. The van der Waals surface area contributed by atoms with E-state index in [0.29, 0.717) is 15.1 Å². The van der Waals surface area contributed by atoms with Crippen LogP contribution in [-0.4, -0.2) is 5.78 Å². The maximum absolute atomic E-state index is 13.8. The molecule has 0 N–H and O–H groups in total. The van der Waals surface area contributed by atoms with Crippen LogP contribution in [0.25, 0.3) is 0 Å². The molecule has 1 unspecified atom stereocenters. The molecule has 0 heterocycles. The van der Waals surface area contributed by atoms with Crippen molar-refractivity contribution in [2.24, 2.45) is 0 Å². The van der Waals surface area contributed by atoms with Crippen molar-refractivity contribution in [3.8, 4) is 6.07 Å². The summed E-state index contributed by atoms with van der Waals surface area (Å²) in [6.07, 6.45) is 0. The Balaban J connectivity index is 2.49. The first-order valence-corrected chi connectivity index (χ1v) is 7.32. The van der Waals surface area contributed by atoms with Crippen molar-refractivity contribution in [2.75, 3.05) is 0 Å². The van der Waals surface area contributed by atoms with Crippen LogP contribution in [0.3, 0.4) is 0 Å². The number of hydrogen-bond donors (Lipinski definition) is 0. The van der Waals surface area contributed by atoms with E-state index < -0.39 is 17.5 Å². The van der Waals surface area contributed by atoms with Crippen molar-refractivity contribution in [3.63, 3.8) is 0 Å². The fourth-order valence-corrected chi connectivity index (χ4v) is 2.73. The summed E-state index contributed by atoms with van der Waals surface area (Å²) in [6, 6.07) is 10.3. The summed E-state index contributed by atoms with van der Waals surface area (Å²) in [5, 5.41) is 9.85. The maximum atomic E-state index is 13.8. The predicted octanol–water partition coefficient (Wildman–Crippen LogP) is 5.39. The van der Waals surface area contributed by atoms with Crippen LogP contribution in [0.1, 0.15) is 21.8 Å². The minimum Gasteiger partial charge on any atom is -0.292 e. The molecule has 2 aromatic rings. The van der Waals surface area contributed by atoms with Crippen LogP contribution < -0.4 is 0 Å². The fraction of sp³-hybridized carbons (Fsp3) is 0.0667. The molecule has 6 heteroatoms. The van der Waals surface area contributed by atoms with Crippen molar-refractivity contribution in [2.45, 2.75) is 5.92 Å². The van der Waals surface area contributed by atoms with Gasteiger partial charge in [-0.05, 0) is 35.9 Å². The van der Waals surface area contributed by atoms with Gasteiger partial charge in [0.05, 0.1) is 11.6 Å². The first-order chi connectivity index (χ1) is 9.93. The molecule has 0 aliphatic carbocycles. The van der Waals surface area contributed by atoms with Gasteiger partial charge in [-0.25, -0.2) is 4.39 Å². The normalized spacial score (nSPS) is 11.8. The van der Waals surface area contributed by atoms with Crippen LogP contribution in [0.15, 0.2) is 40.9 Å². The average molecular weight is 387 g/mol. The second kappa shape index (κ2) is 6.57. The van der Waals surface area contributed by atoms with E-state index in [9.17, 15) is 14.4 Å². The lowest BCUT2D eigenvalue weighted by Gasteiger charge is -2.11. The fourth-order valence-electron chi connectivity index (χ4n) is 1.85. The third-order valence-electron chi connectivity index (χ3n) is 2.86. The van der Waals surface area contributed by atoms with Crippen molar-refractivity contribution in [3.05, 3.63) is 67.9 Å². The van der Waals surface area contributed by atoms with Gasteiger partial charge in [-0.3, -0.25) is 4.79 Å². The Labute approximate surface area is 139 Å². The molecule has 21 heavy (non-hydrogen) atoms. The molecule has 0 aliphatic rings. The molecule has 1 atom stereocenters. The van der Waals surface area contributed by atoms with Gasteiger partial charge in [-0.2, -0.15) is 5.26 Å². The summed E-state index contributed by atoms with van der Waals surface area (Å²) in [5.41, 5.74) is 0.134. The lowest BCUT2D eigenvalue weighted by atomic mass is 9.91. The highest BCUT2D eigenvalue weighted by atomic mass is 79.9. The second-order valence-electron chi connectivity index (χ2n) is 4.22. The van der Waals surface area contributed by atoms with Crippen molar-refractivity contribution in [1.29, 1.82) is 5.26 Å². The summed E-state index contributed by atoms with van der Waals surface area (Å²) in [4.78, 5) is 12.4. The molecule has 0 fully saturated rings. The van der Waals surface area contributed by atoms with Gasteiger partial charge in [0.2, 0.25) is 0 Å². The van der Waals surface area contributed by atoms with Gasteiger partial charge in [-0.15, -0.1) is 0 Å². The van der Waals surface area contributed by atoms with E-state index in [-0.39, 0.29) is 10.6 Å². The minimum absolute atomic E-state index is 0.165. The molecule has 0 bridgehead atoms. The molecule has 106 valence electrons. The number of carbonyl (C=O) groups excluding carboxylic acids is 1. The molecule has 0 radical (unpaired) electrons. The van der Waals surface area contributed by atoms with Crippen LogP contribution in [0.2, 0.25) is 10.0 Å². The van der Waals surface area contributed by atoms with E-state index in [2.05, 4.69) is 15.9 Å². The number of nitrogens with zero attached hydrogens (tertiary/aromatic N) is 1. The summed E-state index contributed by atoms with van der Waals surface area (Å²) in [5.74, 6) is -2.53. The highest BCUT2D eigenvalue weighted by molar-refractivity contribution is 9.10. The molecular weight excluding hydrogens is 380 g/mol. The molecule has 0 saturated heterocycles. The van der Waals surface area contributed by atoms with Crippen LogP contribution in [0.5, 0.6) is 0 Å². The number of rotatable bonds is 3. The second-order valence-corrected chi connectivity index (χ2v) is 5.98. The quantitative estimate of drug-likeness (QED) is 0.664. The van der Waals surface area contributed by atoms with E-state index in [0.717, 1.165) is 6.07 Å². The van der Waals surface area contributed by atoms with Crippen LogP contribution in [0.4, 0.5) is 4.39 Å². The van der Waals surface area contributed by atoms with E-state index in [1.807, 2.05) is 6.07 Å². The first-order valence-electron chi connectivity index (χ1n) is 5.78. The summed E-state index contributed by atoms with van der Waals surface area (Å²) in [6.45, 7) is 0. The number of carbonyl (C=O) groups is 1. The Hall–Kier alpha value is -1.41. The SMILES string of the molecule is N#CC(C(=O)c1cc(Br)ccc1F)c1ccc(Cl)cc1Cl. The summed E-state index contributed by atoms with van der Waals surface area (Å²) < 4.78 is 14.3. The summed E-state index contributed by atoms with van der Waals surface area (Å²) in [7, 11) is 0. The minimum atomic E-state index is -1.20. The molecule has 2 rings (SSSR count). The number of nitriles is 1. The molecular formula is C15H7BrCl2FNO. The Morgan fingerprint density at radius 2 is 1.95 bits per heavy atom. The van der Waals surface area contributed by atoms with Gasteiger partial charge in [0.15, 0.2) is 5.78 Å². The van der Waals surface area contributed by atoms with Gasteiger partial charge in [0.25, 0.3) is 0 Å². The summed E-state index contributed by atoms with van der Waals surface area (Å²) >= 11 is 15.0. The Kier molecular flexibility index (Phi) is 5.00. The van der Waals surface area contributed by atoms with Gasteiger partial charge >= 0.3 is 0 Å². The van der Waals surface area contributed by atoms with Crippen LogP contribution in [-0.2, 0) is 0 Å². The number of ketones is 1. The molecule has 0 amide bonds. The molecule has 0 spiro atoms. The van der Waals surface area contributed by atoms with Gasteiger partial charge in [0, 0.05) is 14.5 Å². The van der Waals surface area contributed by atoms with Gasteiger partial charge in [-0.1, -0.05) is 45.2 Å². The van der Waals surface area contributed by atoms with E-state index in [4.69, 9.17) is 23.2 Å². The topological polar surface area (TPSA) is 40.9 Å². The standard InChI is InChI=1S/C15H7BrCl2FNO/c16-8-1-4-14(19)11(5-8)15(21)12(7-20)10-3-2-9(17)6-13(10)18/h1-6,12H. The smallest absolute Gasteiger partial charge is 0.187 e. The number of Topliss-reactive ketones (excluding diaryl/α,β-unsaturated/α-hetero) is 1. The number of benzene rings is 2. The van der Waals surface area contributed by atoms with E-state index >= 15 is 0 Å². The lowest BCUT2D eigenvalue weighted by Crippen LogP contribution is -2.13. The largest absolute Gasteiger partial charge is 0.292 e. The van der Waals surface area contributed by atoms with E-state index in [1.165, 1.54) is 30.3 Å². The maximum Gasteiger partial charge on any atom is 0.187 e. The van der Waals surface area contributed by atoms with Gasteiger partial charge in [0.1, 0.15) is 11.7 Å². The Morgan fingerprint density at radius 3 is 2.57 bits per heavy atom. The van der Waals surface area contributed by atoms with Crippen molar-refractivity contribution < 1.29 is 9.18 Å². The third-order valence-corrected chi connectivity index (χ3v) is 3.91. The monoisotopic (exact) mass is 385 g/mol. The first kappa shape index (κ1) is 16.0. The average Bonchev–Trinajstić information content (AvgIpc) is 2.44. The molecule has 2 aromatic carbocycles. The highest BCUT2D eigenvalue weighted by Crippen LogP contribution is 2.30. The van der Waals surface area contributed by atoms with Crippen LogP contribution in [0, 0.1) is 17.1 Å². The van der Waals surface area contributed by atoms with Crippen molar-refractivity contribution >= 4 is 44.9 Å². The molecule has 2 nitrogen and oxygen atoms in total. The Morgan fingerprint density at radius 1 is 1.24 bits per heavy atom. The van der Waals surface area contributed by atoms with Crippen molar-refractivity contribution in [1.82, 2.24) is 0 Å². The van der Waals surface area contributed by atoms with Gasteiger partial charge < -0.3 is 0 Å². The third kappa shape index (κ3) is 3.44. The van der Waals surface area contributed by atoms with E-state index in [1.54, 1.807) is 0 Å². The van der Waals surface area contributed by atoms with Crippen LogP contribution >= 0.6 is 39.1 Å².